The summed E-state index contributed by atoms with van der Waals surface area (Å²) in [5, 5.41) is 0. The molecule has 2 aliphatic rings. The maximum absolute atomic E-state index is 12.3. The fourth-order valence-electron chi connectivity index (χ4n) is 2.90. The molecule has 0 amide bonds. The van der Waals surface area contributed by atoms with E-state index in [4.69, 9.17) is 4.74 Å². The zero-order chi connectivity index (χ0) is 16.4. The second-order valence-electron chi connectivity index (χ2n) is 6.16. The molecule has 128 valence electrons. The van der Waals surface area contributed by atoms with Gasteiger partial charge in [0.2, 0.25) is 0 Å². The highest BCUT2D eigenvalue weighted by Crippen LogP contribution is 2.28. The van der Waals surface area contributed by atoms with Crippen LogP contribution in [-0.4, -0.2) is 71.1 Å². The lowest BCUT2D eigenvalue weighted by atomic mass is 10.0. The Balaban J connectivity index is 1.49. The molecular formula is C14H19F3N4OS. The van der Waals surface area contributed by atoms with Crippen molar-refractivity contribution < 1.29 is 17.9 Å². The molecular weight excluding hydrogens is 329 g/mol. The molecule has 9 heteroatoms. The minimum absolute atomic E-state index is 0.120. The van der Waals surface area contributed by atoms with Gasteiger partial charge in [-0.05, 0) is 19.0 Å². The summed E-state index contributed by atoms with van der Waals surface area (Å²) in [5.41, 5.74) is 1.88. The Kier molecular flexibility index (Phi) is 4.88. The molecule has 0 aromatic carbocycles. The first-order valence-electron chi connectivity index (χ1n) is 7.53. The van der Waals surface area contributed by atoms with E-state index in [0.29, 0.717) is 25.6 Å². The Morgan fingerprint density at radius 3 is 2.83 bits per heavy atom. The molecule has 5 nitrogen and oxygen atoms in total. The first-order chi connectivity index (χ1) is 10.9. The summed E-state index contributed by atoms with van der Waals surface area (Å²) in [6, 6.07) is 0. The van der Waals surface area contributed by atoms with E-state index < -0.39 is 12.7 Å². The minimum atomic E-state index is -4.13. The van der Waals surface area contributed by atoms with Gasteiger partial charge >= 0.3 is 6.18 Å². The largest absolute Gasteiger partial charge is 0.475 e. The van der Waals surface area contributed by atoms with E-state index in [1.807, 2.05) is 0 Å². The van der Waals surface area contributed by atoms with Crippen LogP contribution in [0.1, 0.15) is 12.1 Å². The lowest BCUT2D eigenvalue weighted by Crippen LogP contribution is -2.52. The van der Waals surface area contributed by atoms with Crippen LogP contribution >= 0.6 is 11.7 Å². The minimum Gasteiger partial charge on any atom is -0.475 e. The number of nitrogens with zero attached hydrogens (tertiary/aromatic N) is 4. The van der Waals surface area contributed by atoms with Crippen LogP contribution in [-0.2, 0) is 0 Å². The van der Waals surface area contributed by atoms with Gasteiger partial charge in [-0.1, -0.05) is 6.08 Å². The molecule has 0 bridgehead atoms. The molecule has 2 aliphatic heterocycles. The molecule has 1 aromatic heterocycles. The van der Waals surface area contributed by atoms with Crippen LogP contribution in [0.3, 0.4) is 0 Å². The third kappa shape index (κ3) is 4.42. The Labute approximate surface area is 137 Å². The number of rotatable bonds is 5. The first-order valence-corrected chi connectivity index (χ1v) is 8.26. The molecule has 1 aromatic rings. The Hall–Kier alpha value is -1.19. The van der Waals surface area contributed by atoms with Crippen molar-refractivity contribution in [3.63, 3.8) is 0 Å². The van der Waals surface area contributed by atoms with Gasteiger partial charge in [-0.15, -0.1) is 4.37 Å². The predicted molar refractivity (Wildman–Crippen MR) is 81.5 cm³/mol. The van der Waals surface area contributed by atoms with Gasteiger partial charge in [-0.2, -0.15) is 17.5 Å². The fraction of sp³-hybridized carbons (Fsp3) is 0.714. The van der Waals surface area contributed by atoms with E-state index in [0.717, 1.165) is 42.5 Å². The maximum Gasteiger partial charge on any atom is 0.401 e. The molecule has 3 rings (SSSR count). The number of hydrogen-bond donors (Lipinski definition) is 0. The van der Waals surface area contributed by atoms with Gasteiger partial charge in [-0.25, -0.2) is 0 Å². The number of halogens is 3. The summed E-state index contributed by atoms with van der Waals surface area (Å²) in [6.07, 6.45) is -1.01. The smallest absolute Gasteiger partial charge is 0.401 e. The molecule has 23 heavy (non-hydrogen) atoms. The van der Waals surface area contributed by atoms with E-state index in [-0.39, 0.29) is 5.92 Å². The van der Waals surface area contributed by atoms with Gasteiger partial charge in [0.25, 0.3) is 5.88 Å². The van der Waals surface area contributed by atoms with Crippen LogP contribution in [0.25, 0.3) is 5.57 Å². The summed E-state index contributed by atoms with van der Waals surface area (Å²) in [5.74, 6) is 0.626. The molecule has 0 atom stereocenters. The Morgan fingerprint density at radius 1 is 1.35 bits per heavy atom. The lowest BCUT2D eigenvalue weighted by Gasteiger charge is -2.39. The highest BCUT2D eigenvalue weighted by Gasteiger charge is 2.37. The van der Waals surface area contributed by atoms with E-state index in [1.165, 1.54) is 4.90 Å². The van der Waals surface area contributed by atoms with Gasteiger partial charge in [0.1, 0.15) is 5.69 Å². The molecule has 1 saturated heterocycles. The summed E-state index contributed by atoms with van der Waals surface area (Å²) in [4.78, 5) is 3.59. The van der Waals surface area contributed by atoms with Crippen molar-refractivity contribution in [1.29, 1.82) is 0 Å². The quantitative estimate of drug-likeness (QED) is 0.815. The van der Waals surface area contributed by atoms with E-state index >= 15 is 0 Å². The van der Waals surface area contributed by atoms with Crippen LogP contribution in [0.4, 0.5) is 13.2 Å². The van der Waals surface area contributed by atoms with Crippen molar-refractivity contribution in [1.82, 2.24) is 18.5 Å². The van der Waals surface area contributed by atoms with Crippen LogP contribution in [0.2, 0.25) is 0 Å². The molecule has 0 radical (unpaired) electrons. The van der Waals surface area contributed by atoms with Crippen LogP contribution in [0.15, 0.2) is 6.08 Å². The van der Waals surface area contributed by atoms with Crippen molar-refractivity contribution in [3.05, 3.63) is 11.8 Å². The maximum atomic E-state index is 12.3. The van der Waals surface area contributed by atoms with E-state index in [9.17, 15) is 13.2 Å². The molecule has 0 spiro atoms. The molecule has 0 aliphatic carbocycles. The van der Waals surface area contributed by atoms with Crippen LogP contribution in [0, 0.1) is 5.92 Å². The number of hydrogen-bond acceptors (Lipinski definition) is 6. The van der Waals surface area contributed by atoms with Crippen molar-refractivity contribution >= 4 is 17.3 Å². The predicted octanol–water partition coefficient (Wildman–Crippen LogP) is 2.13. The van der Waals surface area contributed by atoms with Crippen molar-refractivity contribution in [2.45, 2.75) is 12.6 Å². The number of aromatic nitrogens is 2. The average molecular weight is 348 g/mol. The molecule has 0 N–H and O–H groups in total. The zero-order valence-electron chi connectivity index (χ0n) is 12.8. The second kappa shape index (κ2) is 6.74. The number of ether oxygens (including phenoxy) is 1. The van der Waals surface area contributed by atoms with Gasteiger partial charge in [0.15, 0.2) is 0 Å². The molecule has 1 fully saturated rings. The third-order valence-electron chi connectivity index (χ3n) is 4.00. The molecule has 0 saturated carbocycles. The van der Waals surface area contributed by atoms with Crippen molar-refractivity contribution in [2.75, 3.05) is 46.4 Å². The van der Waals surface area contributed by atoms with Crippen molar-refractivity contribution in [3.8, 4) is 5.88 Å². The normalized spacial score (nSPS) is 21.1. The fourth-order valence-corrected chi connectivity index (χ4v) is 3.43. The Bertz CT molecular complexity index is 569. The highest BCUT2D eigenvalue weighted by atomic mass is 32.1. The van der Waals surface area contributed by atoms with Gasteiger partial charge < -0.3 is 9.64 Å². The summed E-state index contributed by atoms with van der Waals surface area (Å²) < 4.78 is 51.0. The topological polar surface area (TPSA) is 41.5 Å². The second-order valence-corrected chi connectivity index (χ2v) is 6.69. The summed E-state index contributed by atoms with van der Waals surface area (Å²) >= 11 is 1.10. The molecule has 3 heterocycles. The van der Waals surface area contributed by atoms with Crippen molar-refractivity contribution in [2.24, 2.45) is 5.92 Å². The van der Waals surface area contributed by atoms with Crippen LogP contribution < -0.4 is 4.74 Å². The summed E-state index contributed by atoms with van der Waals surface area (Å²) in [7, 11) is 2.05. The number of alkyl halides is 3. The van der Waals surface area contributed by atoms with Gasteiger partial charge in [0, 0.05) is 32.1 Å². The van der Waals surface area contributed by atoms with Crippen LogP contribution in [0.5, 0.6) is 5.88 Å². The summed E-state index contributed by atoms with van der Waals surface area (Å²) in [6.45, 7) is 2.21. The van der Waals surface area contributed by atoms with Gasteiger partial charge in [0.05, 0.1) is 24.9 Å². The lowest BCUT2D eigenvalue weighted by molar-refractivity contribution is -0.160. The monoisotopic (exact) mass is 348 g/mol. The average Bonchev–Trinajstić information content (AvgIpc) is 2.88. The SMILES string of the molecule is CN1CCC=C(c2nsnc2OCC2CN(CC(F)(F)F)C2)C1. The third-order valence-corrected chi connectivity index (χ3v) is 4.51. The number of likely N-dealkylation sites (N-methyl/N-ethyl adjacent to an activating group) is 1. The van der Waals surface area contributed by atoms with Gasteiger partial charge in [-0.3, -0.25) is 4.90 Å². The Morgan fingerprint density at radius 2 is 2.13 bits per heavy atom. The molecule has 0 unspecified atom stereocenters. The van der Waals surface area contributed by atoms with E-state index in [1.54, 1.807) is 0 Å². The highest BCUT2D eigenvalue weighted by molar-refractivity contribution is 6.99. The first kappa shape index (κ1) is 16.7. The van der Waals surface area contributed by atoms with E-state index in [2.05, 4.69) is 26.8 Å². The number of likely N-dealkylation sites (tertiary alicyclic amines) is 1. The standard InChI is InChI=1S/C14H19F3N4OS/c1-20-4-2-3-11(7-20)12-13(19-23-18-12)22-8-10-5-21(6-10)9-14(15,16)17/h3,10H,2,4-9H2,1H3. The zero-order valence-corrected chi connectivity index (χ0v) is 13.7.